The number of rotatable bonds is 2. The van der Waals surface area contributed by atoms with Crippen molar-refractivity contribution in [3.05, 3.63) is 24.0 Å². The second-order valence-electron chi connectivity index (χ2n) is 4.89. The molecule has 0 aliphatic carbocycles. The molecule has 0 bridgehead atoms. The number of imidazole rings is 1. The summed E-state index contributed by atoms with van der Waals surface area (Å²) < 4.78 is 13.1. The molecular weight excluding hydrogens is 231 g/mol. The molecule has 0 saturated carbocycles. The Kier molecular flexibility index (Phi) is 2.91. The molecule has 0 spiro atoms. The zero-order valence-corrected chi connectivity index (χ0v) is 10.2. The van der Waals surface area contributed by atoms with E-state index in [0.717, 1.165) is 49.5 Å². The number of nitrogens with zero attached hydrogens (tertiary/aromatic N) is 2. The number of hydrogen-bond acceptors (Lipinski definition) is 3. The van der Waals surface area contributed by atoms with E-state index in [1.54, 1.807) is 6.07 Å². The summed E-state index contributed by atoms with van der Waals surface area (Å²) in [6.07, 6.45) is 2.20. The lowest BCUT2D eigenvalue weighted by molar-refractivity contribution is 0.412. The molecule has 0 radical (unpaired) electrons. The van der Waals surface area contributed by atoms with E-state index in [9.17, 15) is 4.39 Å². The summed E-state index contributed by atoms with van der Waals surface area (Å²) in [4.78, 5) is 9.90. The van der Waals surface area contributed by atoms with E-state index in [2.05, 4.69) is 14.9 Å². The van der Waals surface area contributed by atoms with Crippen molar-refractivity contribution in [1.82, 2.24) is 9.97 Å². The van der Waals surface area contributed by atoms with Gasteiger partial charge >= 0.3 is 0 Å². The molecule has 1 aromatic carbocycles. The summed E-state index contributed by atoms with van der Waals surface area (Å²) in [7, 11) is 0. The Morgan fingerprint density at radius 3 is 2.89 bits per heavy atom. The molecule has 1 aliphatic rings. The average molecular weight is 248 g/mol. The summed E-state index contributed by atoms with van der Waals surface area (Å²) in [5, 5.41) is 0. The predicted molar refractivity (Wildman–Crippen MR) is 70.0 cm³/mol. The van der Waals surface area contributed by atoms with Gasteiger partial charge in [-0.2, -0.15) is 0 Å². The number of halogens is 1. The highest BCUT2D eigenvalue weighted by Crippen LogP contribution is 2.23. The Labute approximate surface area is 105 Å². The molecule has 1 aromatic heterocycles. The van der Waals surface area contributed by atoms with Crippen molar-refractivity contribution in [3.63, 3.8) is 0 Å². The van der Waals surface area contributed by atoms with Gasteiger partial charge in [-0.15, -0.1) is 0 Å². The maximum absolute atomic E-state index is 13.1. The summed E-state index contributed by atoms with van der Waals surface area (Å²) in [6, 6.07) is 4.63. The standard InChI is InChI=1S/C13H17FN4/c14-10-1-2-11-12(7-10)17-13(16-11)18-5-3-9(8-15)4-6-18/h1-2,7,9H,3-6,8,15H2,(H,16,17). The minimum Gasteiger partial charge on any atom is -0.342 e. The summed E-state index contributed by atoms with van der Waals surface area (Å²) >= 11 is 0. The van der Waals surface area contributed by atoms with Gasteiger partial charge in [0, 0.05) is 13.1 Å². The number of hydrogen-bond donors (Lipinski definition) is 2. The number of nitrogens with one attached hydrogen (secondary N) is 1. The van der Waals surface area contributed by atoms with E-state index >= 15 is 0 Å². The molecule has 4 nitrogen and oxygen atoms in total. The van der Waals surface area contributed by atoms with Crippen LogP contribution in [-0.4, -0.2) is 29.6 Å². The van der Waals surface area contributed by atoms with Crippen LogP contribution in [0.5, 0.6) is 0 Å². The molecule has 0 atom stereocenters. The number of anilines is 1. The van der Waals surface area contributed by atoms with Gasteiger partial charge in [0.15, 0.2) is 0 Å². The Bertz CT molecular complexity index is 543. The van der Waals surface area contributed by atoms with Gasteiger partial charge in [-0.3, -0.25) is 0 Å². The lowest BCUT2D eigenvalue weighted by Crippen LogP contribution is -2.36. The number of benzene rings is 1. The smallest absolute Gasteiger partial charge is 0.203 e. The van der Waals surface area contributed by atoms with Gasteiger partial charge in [0.1, 0.15) is 5.82 Å². The lowest BCUT2D eigenvalue weighted by atomic mass is 9.97. The molecule has 0 unspecified atom stereocenters. The maximum atomic E-state index is 13.1. The van der Waals surface area contributed by atoms with Crippen molar-refractivity contribution in [2.24, 2.45) is 11.7 Å². The van der Waals surface area contributed by atoms with Gasteiger partial charge in [-0.25, -0.2) is 9.37 Å². The molecule has 1 saturated heterocycles. The van der Waals surface area contributed by atoms with Crippen LogP contribution in [-0.2, 0) is 0 Å². The van der Waals surface area contributed by atoms with Gasteiger partial charge in [-0.05, 0) is 43.5 Å². The first kappa shape index (κ1) is 11.5. The van der Waals surface area contributed by atoms with Gasteiger partial charge in [0.2, 0.25) is 5.95 Å². The van der Waals surface area contributed by atoms with Crippen molar-refractivity contribution < 1.29 is 4.39 Å². The monoisotopic (exact) mass is 248 g/mol. The Balaban J connectivity index is 1.82. The molecular formula is C13H17FN4. The Morgan fingerprint density at radius 1 is 1.39 bits per heavy atom. The van der Waals surface area contributed by atoms with Crippen molar-refractivity contribution >= 4 is 17.0 Å². The largest absolute Gasteiger partial charge is 0.342 e. The second kappa shape index (κ2) is 4.57. The molecule has 1 fully saturated rings. The number of aromatic amines is 1. The molecule has 5 heteroatoms. The van der Waals surface area contributed by atoms with Crippen molar-refractivity contribution in [2.75, 3.05) is 24.5 Å². The molecule has 2 aromatic rings. The minimum absolute atomic E-state index is 0.237. The van der Waals surface area contributed by atoms with Crippen LogP contribution >= 0.6 is 0 Å². The molecule has 3 N–H and O–H groups in total. The summed E-state index contributed by atoms with van der Waals surface area (Å²) in [5.41, 5.74) is 7.25. The second-order valence-corrected chi connectivity index (χ2v) is 4.89. The lowest BCUT2D eigenvalue weighted by Gasteiger charge is -2.30. The first-order chi connectivity index (χ1) is 8.76. The van der Waals surface area contributed by atoms with E-state index < -0.39 is 0 Å². The van der Waals surface area contributed by atoms with Crippen LogP contribution in [0.1, 0.15) is 12.8 Å². The third kappa shape index (κ3) is 2.06. The number of H-pyrrole nitrogens is 1. The SMILES string of the molecule is NCC1CCN(c2nc3ccc(F)cc3[nH]2)CC1. The van der Waals surface area contributed by atoms with E-state index in [0.29, 0.717) is 5.92 Å². The highest BCUT2D eigenvalue weighted by molar-refractivity contribution is 5.77. The van der Waals surface area contributed by atoms with Crippen LogP contribution in [0.3, 0.4) is 0 Å². The Hall–Kier alpha value is -1.62. The van der Waals surface area contributed by atoms with Gasteiger partial charge in [0.25, 0.3) is 0 Å². The van der Waals surface area contributed by atoms with Gasteiger partial charge < -0.3 is 15.6 Å². The topological polar surface area (TPSA) is 57.9 Å². The fourth-order valence-corrected chi connectivity index (χ4v) is 2.50. The van der Waals surface area contributed by atoms with E-state index in [-0.39, 0.29) is 5.82 Å². The number of nitrogens with two attached hydrogens (primary N) is 1. The van der Waals surface area contributed by atoms with Gasteiger partial charge in [0.05, 0.1) is 11.0 Å². The van der Waals surface area contributed by atoms with Crippen LogP contribution in [0.15, 0.2) is 18.2 Å². The highest BCUT2D eigenvalue weighted by Gasteiger charge is 2.20. The van der Waals surface area contributed by atoms with E-state index in [4.69, 9.17) is 5.73 Å². The van der Waals surface area contributed by atoms with Crippen molar-refractivity contribution in [1.29, 1.82) is 0 Å². The highest BCUT2D eigenvalue weighted by atomic mass is 19.1. The fourth-order valence-electron chi connectivity index (χ4n) is 2.50. The summed E-state index contributed by atoms with van der Waals surface area (Å²) in [6.45, 7) is 2.69. The zero-order valence-electron chi connectivity index (χ0n) is 10.2. The zero-order chi connectivity index (χ0) is 12.5. The fraction of sp³-hybridized carbons (Fsp3) is 0.462. The number of fused-ring (bicyclic) bond motifs is 1. The molecule has 18 heavy (non-hydrogen) atoms. The summed E-state index contributed by atoms with van der Waals surface area (Å²) in [5.74, 6) is 1.23. The van der Waals surface area contributed by atoms with E-state index in [1.807, 2.05) is 0 Å². The maximum Gasteiger partial charge on any atom is 0.203 e. The number of aromatic nitrogens is 2. The molecule has 1 aliphatic heterocycles. The first-order valence-corrected chi connectivity index (χ1v) is 6.36. The third-order valence-electron chi connectivity index (χ3n) is 3.68. The minimum atomic E-state index is -0.237. The molecule has 3 rings (SSSR count). The Morgan fingerprint density at radius 2 is 2.17 bits per heavy atom. The first-order valence-electron chi connectivity index (χ1n) is 6.36. The third-order valence-corrected chi connectivity index (χ3v) is 3.68. The number of piperidine rings is 1. The van der Waals surface area contributed by atoms with Crippen LogP contribution in [0.25, 0.3) is 11.0 Å². The van der Waals surface area contributed by atoms with Crippen LogP contribution in [0.2, 0.25) is 0 Å². The normalized spacial score (nSPS) is 17.6. The molecule has 96 valence electrons. The molecule has 0 amide bonds. The van der Waals surface area contributed by atoms with E-state index in [1.165, 1.54) is 12.1 Å². The van der Waals surface area contributed by atoms with Crippen LogP contribution in [0, 0.1) is 11.7 Å². The average Bonchev–Trinajstić information content (AvgIpc) is 2.81. The van der Waals surface area contributed by atoms with Gasteiger partial charge in [-0.1, -0.05) is 0 Å². The molecule has 2 heterocycles. The predicted octanol–water partition coefficient (Wildman–Crippen LogP) is 1.88. The quantitative estimate of drug-likeness (QED) is 0.853. The van der Waals surface area contributed by atoms with Crippen LogP contribution < -0.4 is 10.6 Å². The van der Waals surface area contributed by atoms with Crippen LogP contribution in [0.4, 0.5) is 10.3 Å². The van der Waals surface area contributed by atoms with Crippen molar-refractivity contribution in [2.45, 2.75) is 12.8 Å². The van der Waals surface area contributed by atoms with Crippen molar-refractivity contribution in [3.8, 4) is 0 Å².